The van der Waals surface area contributed by atoms with E-state index in [1.165, 1.54) is 5.56 Å². The number of rotatable bonds is 6. The first-order chi connectivity index (χ1) is 14.6. The van der Waals surface area contributed by atoms with Crippen LogP contribution in [0.4, 0.5) is 5.82 Å². The minimum Gasteiger partial charge on any atom is -0.484 e. The number of anilines is 1. The average Bonchev–Trinajstić information content (AvgIpc) is 3.33. The lowest BCUT2D eigenvalue weighted by Gasteiger charge is -2.35. The summed E-state index contributed by atoms with van der Waals surface area (Å²) in [6.45, 7) is 7.07. The molecule has 0 atom stereocenters. The number of aromatic nitrogens is 4. The number of hydrogen-bond acceptors (Lipinski definition) is 6. The van der Waals surface area contributed by atoms with Gasteiger partial charge in [-0.15, -0.1) is 10.2 Å². The third-order valence-electron chi connectivity index (χ3n) is 5.27. The van der Waals surface area contributed by atoms with Gasteiger partial charge in [-0.1, -0.05) is 26.0 Å². The Morgan fingerprint density at radius 3 is 2.30 bits per heavy atom. The molecule has 1 saturated heterocycles. The Hall–Kier alpha value is -3.42. The molecule has 8 heteroatoms. The maximum absolute atomic E-state index is 12.5. The van der Waals surface area contributed by atoms with E-state index in [1.54, 1.807) is 12.5 Å². The standard InChI is InChI=1S/C22H26N6O2/c1-17(2)18-3-5-19(6-4-18)30-15-22(29)27-13-11-26(12-14-27)20-7-8-21(25-24-20)28-10-9-23-16-28/h3-10,16-17H,11-15H2,1-2H3. The lowest BCUT2D eigenvalue weighted by Crippen LogP contribution is -2.50. The predicted octanol–water partition coefficient (Wildman–Crippen LogP) is 2.51. The van der Waals surface area contributed by atoms with Crippen LogP contribution in [0, 0.1) is 0 Å². The molecule has 0 aliphatic carbocycles. The van der Waals surface area contributed by atoms with Crippen LogP contribution in [0.2, 0.25) is 0 Å². The molecule has 0 bridgehead atoms. The maximum Gasteiger partial charge on any atom is 0.260 e. The van der Waals surface area contributed by atoms with Crippen LogP contribution in [0.5, 0.6) is 5.75 Å². The molecule has 1 aliphatic rings. The summed E-state index contributed by atoms with van der Waals surface area (Å²) in [4.78, 5) is 20.5. The molecule has 1 aliphatic heterocycles. The Kier molecular flexibility index (Phi) is 5.92. The molecule has 156 valence electrons. The molecule has 4 rings (SSSR count). The molecule has 1 amide bonds. The number of carbonyl (C=O) groups is 1. The number of benzene rings is 1. The topological polar surface area (TPSA) is 76.4 Å². The van der Waals surface area contributed by atoms with Crippen molar-refractivity contribution >= 4 is 11.7 Å². The van der Waals surface area contributed by atoms with Crippen LogP contribution < -0.4 is 9.64 Å². The first-order valence-electron chi connectivity index (χ1n) is 10.2. The summed E-state index contributed by atoms with van der Waals surface area (Å²) in [5, 5.41) is 8.58. The fraction of sp³-hybridized carbons (Fsp3) is 0.364. The highest BCUT2D eigenvalue weighted by atomic mass is 16.5. The SMILES string of the molecule is CC(C)c1ccc(OCC(=O)N2CCN(c3ccc(-n4ccnc4)nn3)CC2)cc1. The minimum absolute atomic E-state index is 0.00382. The van der Waals surface area contributed by atoms with Gasteiger partial charge in [-0.2, -0.15) is 0 Å². The van der Waals surface area contributed by atoms with E-state index in [1.807, 2.05) is 52.1 Å². The summed E-state index contributed by atoms with van der Waals surface area (Å²) in [6, 6.07) is 11.8. The Morgan fingerprint density at radius 1 is 1.00 bits per heavy atom. The van der Waals surface area contributed by atoms with Gasteiger partial charge in [-0.25, -0.2) is 4.98 Å². The number of carbonyl (C=O) groups excluding carboxylic acids is 1. The van der Waals surface area contributed by atoms with Gasteiger partial charge in [-0.3, -0.25) is 9.36 Å². The highest BCUT2D eigenvalue weighted by Crippen LogP contribution is 2.19. The zero-order valence-corrected chi connectivity index (χ0v) is 17.3. The smallest absolute Gasteiger partial charge is 0.260 e. The van der Waals surface area contributed by atoms with Gasteiger partial charge in [0.1, 0.15) is 12.1 Å². The summed E-state index contributed by atoms with van der Waals surface area (Å²) < 4.78 is 7.49. The molecule has 8 nitrogen and oxygen atoms in total. The lowest BCUT2D eigenvalue weighted by atomic mass is 10.0. The third kappa shape index (κ3) is 4.59. The fourth-order valence-electron chi connectivity index (χ4n) is 3.39. The quantitative estimate of drug-likeness (QED) is 0.626. The molecule has 2 aromatic heterocycles. The van der Waals surface area contributed by atoms with Crippen molar-refractivity contribution in [1.29, 1.82) is 0 Å². The van der Waals surface area contributed by atoms with Crippen molar-refractivity contribution in [2.75, 3.05) is 37.7 Å². The highest BCUT2D eigenvalue weighted by Gasteiger charge is 2.22. The summed E-state index contributed by atoms with van der Waals surface area (Å²) in [7, 11) is 0. The molecule has 0 unspecified atom stereocenters. The molecule has 0 N–H and O–H groups in total. The second-order valence-corrected chi connectivity index (χ2v) is 7.60. The largest absolute Gasteiger partial charge is 0.484 e. The fourth-order valence-corrected chi connectivity index (χ4v) is 3.39. The normalized spacial score (nSPS) is 14.2. The lowest BCUT2D eigenvalue weighted by molar-refractivity contribution is -0.133. The highest BCUT2D eigenvalue weighted by molar-refractivity contribution is 5.78. The molecular weight excluding hydrogens is 380 g/mol. The first-order valence-corrected chi connectivity index (χ1v) is 10.2. The molecule has 3 aromatic rings. The summed E-state index contributed by atoms with van der Waals surface area (Å²) in [5.41, 5.74) is 1.26. The van der Waals surface area contributed by atoms with Gasteiger partial charge in [0.25, 0.3) is 5.91 Å². The van der Waals surface area contributed by atoms with Gasteiger partial charge in [0, 0.05) is 38.6 Å². The van der Waals surface area contributed by atoms with Crippen LogP contribution in [0.1, 0.15) is 25.3 Å². The molecule has 1 aromatic carbocycles. The van der Waals surface area contributed by atoms with E-state index in [0.29, 0.717) is 32.1 Å². The van der Waals surface area contributed by atoms with E-state index in [4.69, 9.17) is 4.74 Å². The van der Waals surface area contributed by atoms with Crippen molar-refractivity contribution in [1.82, 2.24) is 24.6 Å². The van der Waals surface area contributed by atoms with E-state index >= 15 is 0 Å². The zero-order chi connectivity index (χ0) is 20.9. The van der Waals surface area contributed by atoms with Crippen LogP contribution in [-0.2, 0) is 4.79 Å². The molecule has 3 heterocycles. The molecule has 0 radical (unpaired) electrons. The molecule has 1 fully saturated rings. The van der Waals surface area contributed by atoms with Gasteiger partial charge in [0.05, 0.1) is 0 Å². The minimum atomic E-state index is 0.00382. The van der Waals surface area contributed by atoms with Crippen LogP contribution >= 0.6 is 0 Å². The number of imidazole rings is 1. The summed E-state index contributed by atoms with van der Waals surface area (Å²) in [5.74, 6) is 2.74. The van der Waals surface area contributed by atoms with E-state index < -0.39 is 0 Å². The molecular formula is C22H26N6O2. The van der Waals surface area contributed by atoms with Crippen molar-refractivity contribution in [2.45, 2.75) is 19.8 Å². The monoisotopic (exact) mass is 406 g/mol. The predicted molar refractivity (Wildman–Crippen MR) is 114 cm³/mol. The van der Waals surface area contributed by atoms with Crippen molar-refractivity contribution in [2.24, 2.45) is 0 Å². The van der Waals surface area contributed by atoms with Crippen LogP contribution in [0.15, 0.2) is 55.1 Å². The van der Waals surface area contributed by atoms with Gasteiger partial charge in [0.15, 0.2) is 18.2 Å². The Labute approximate surface area is 176 Å². The second-order valence-electron chi connectivity index (χ2n) is 7.60. The van der Waals surface area contributed by atoms with Crippen LogP contribution in [-0.4, -0.2) is 63.3 Å². The van der Waals surface area contributed by atoms with Crippen molar-refractivity contribution in [3.05, 3.63) is 60.7 Å². The zero-order valence-electron chi connectivity index (χ0n) is 17.3. The van der Waals surface area contributed by atoms with Crippen molar-refractivity contribution in [3.63, 3.8) is 0 Å². The third-order valence-corrected chi connectivity index (χ3v) is 5.27. The van der Waals surface area contributed by atoms with Crippen LogP contribution in [0.3, 0.4) is 0 Å². The number of hydrogen-bond donors (Lipinski definition) is 0. The van der Waals surface area contributed by atoms with Gasteiger partial charge < -0.3 is 14.5 Å². The number of amides is 1. The van der Waals surface area contributed by atoms with Crippen molar-refractivity contribution in [3.8, 4) is 11.6 Å². The van der Waals surface area contributed by atoms with Crippen LogP contribution in [0.25, 0.3) is 5.82 Å². The van der Waals surface area contributed by atoms with E-state index in [9.17, 15) is 4.79 Å². The maximum atomic E-state index is 12.5. The Bertz CT molecular complexity index is 946. The molecule has 30 heavy (non-hydrogen) atoms. The van der Waals surface area contributed by atoms with Gasteiger partial charge in [-0.05, 0) is 35.7 Å². The van der Waals surface area contributed by atoms with E-state index in [0.717, 1.165) is 17.4 Å². The molecule has 0 spiro atoms. The van der Waals surface area contributed by atoms with E-state index in [-0.39, 0.29) is 12.5 Å². The number of piperazine rings is 1. The van der Waals surface area contributed by atoms with E-state index in [2.05, 4.69) is 33.9 Å². The van der Waals surface area contributed by atoms with Gasteiger partial charge in [0.2, 0.25) is 0 Å². The average molecular weight is 406 g/mol. The number of ether oxygens (including phenoxy) is 1. The Morgan fingerprint density at radius 2 is 1.70 bits per heavy atom. The van der Waals surface area contributed by atoms with Crippen molar-refractivity contribution < 1.29 is 9.53 Å². The number of nitrogens with zero attached hydrogens (tertiary/aromatic N) is 6. The second kappa shape index (κ2) is 8.94. The summed E-state index contributed by atoms with van der Waals surface area (Å²) >= 11 is 0. The molecule has 0 saturated carbocycles. The van der Waals surface area contributed by atoms with Gasteiger partial charge >= 0.3 is 0 Å². The Balaban J connectivity index is 1.26. The summed E-state index contributed by atoms with van der Waals surface area (Å²) in [6.07, 6.45) is 5.22. The first kappa shape index (κ1) is 19.9.